The van der Waals surface area contributed by atoms with Gasteiger partial charge in [0, 0.05) is 5.56 Å². The summed E-state index contributed by atoms with van der Waals surface area (Å²) in [6, 6.07) is 15.1. The molecule has 1 saturated heterocycles. The van der Waals surface area contributed by atoms with E-state index in [0.29, 0.717) is 22.3 Å². The van der Waals surface area contributed by atoms with Crippen LogP contribution in [0.1, 0.15) is 24.1 Å². The van der Waals surface area contributed by atoms with Crippen molar-refractivity contribution in [3.05, 3.63) is 65.4 Å². The molecule has 2 aromatic carbocycles. The molecule has 0 aliphatic carbocycles. The van der Waals surface area contributed by atoms with Crippen molar-refractivity contribution in [2.75, 3.05) is 14.2 Å². The molecule has 1 N–H and O–H groups in total. The number of benzene rings is 2. The fourth-order valence-electron chi connectivity index (χ4n) is 2.96. The van der Waals surface area contributed by atoms with Gasteiger partial charge in [-0.2, -0.15) is 0 Å². The Balaban J connectivity index is 1.93. The SMILES string of the molecule is COc1cccc(/C=C2\NC(=S)N(C(C)c3ccccc3)C2=O)c1OC. The van der Waals surface area contributed by atoms with Gasteiger partial charge in [-0.3, -0.25) is 9.69 Å². The van der Waals surface area contributed by atoms with Gasteiger partial charge in [0.15, 0.2) is 16.6 Å². The third kappa shape index (κ3) is 3.28. The summed E-state index contributed by atoms with van der Waals surface area (Å²) in [5, 5.41) is 3.40. The Labute approximate surface area is 158 Å². The Kier molecular flexibility index (Phi) is 5.23. The molecule has 1 aliphatic heterocycles. The van der Waals surface area contributed by atoms with Gasteiger partial charge in [-0.15, -0.1) is 0 Å². The summed E-state index contributed by atoms with van der Waals surface area (Å²) in [4.78, 5) is 14.5. The number of carbonyl (C=O) groups excluding carboxylic acids is 1. The van der Waals surface area contributed by atoms with E-state index in [1.807, 2.05) is 49.4 Å². The van der Waals surface area contributed by atoms with Crippen LogP contribution in [0.3, 0.4) is 0 Å². The molecule has 0 spiro atoms. The van der Waals surface area contributed by atoms with E-state index < -0.39 is 0 Å². The summed E-state index contributed by atoms with van der Waals surface area (Å²) in [5.41, 5.74) is 2.16. The lowest BCUT2D eigenvalue weighted by atomic mass is 10.1. The first-order valence-electron chi connectivity index (χ1n) is 8.19. The first-order chi connectivity index (χ1) is 12.6. The molecule has 5 nitrogen and oxygen atoms in total. The number of nitrogens with zero attached hydrogens (tertiary/aromatic N) is 1. The van der Waals surface area contributed by atoms with E-state index in [4.69, 9.17) is 21.7 Å². The molecule has 1 unspecified atom stereocenters. The maximum atomic E-state index is 12.9. The standard InChI is InChI=1S/C20H20N2O3S/c1-13(14-8-5-4-6-9-14)22-19(23)16(21-20(22)26)12-15-10-7-11-17(24-2)18(15)25-3/h4-13H,1-3H3,(H,21,26)/b16-12-. The van der Waals surface area contributed by atoms with Crippen LogP contribution in [0.4, 0.5) is 0 Å². The smallest absolute Gasteiger partial charge is 0.277 e. The lowest BCUT2D eigenvalue weighted by Crippen LogP contribution is -2.33. The minimum atomic E-state index is -0.170. The van der Waals surface area contributed by atoms with Crippen molar-refractivity contribution in [3.8, 4) is 11.5 Å². The molecule has 134 valence electrons. The summed E-state index contributed by atoms with van der Waals surface area (Å²) >= 11 is 5.39. The molecule has 0 bridgehead atoms. The average Bonchev–Trinajstić information content (AvgIpc) is 2.94. The Bertz CT molecular complexity index is 865. The van der Waals surface area contributed by atoms with Crippen molar-refractivity contribution in [1.29, 1.82) is 0 Å². The quantitative estimate of drug-likeness (QED) is 0.646. The lowest BCUT2D eigenvalue weighted by Gasteiger charge is -2.23. The molecule has 0 radical (unpaired) electrons. The monoisotopic (exact) mass is 368 g/mol. The highest BCUT2D eigenvalue weighted by atomic mass is 32.1. The highest BCUT2D eigenvalue weighted by Crippen LogP contribution is 2.33. The van der Waals surface area contributed by atoms with E-state index in [1.165, 1.54) is 0 Å². The number of hydrogen-bond donors (Lipinski definition) is 1. The molecule has 2 aromatic rings. The van der Waals surface area contributed by atoms with Crippen molar-refractivity contribution >= 4 is 29.3 Å². The maximum absolute atomic E-state index is 12.9. The van der Waals surface area contributed by atoms with E-state index in [1.54, 1.807) is 31.3 Å². The van der Waals surface area contributed by atoms with Crippen molar-refractivity contribution in [3.63, 3.8) is 0 Å². The molecule has 1 heterocycles. The number of methoxy groups -OCH3 is 2. The van der Waals surface area contributed by atoms with Crippen LogP contribution >= 0.6 is 12.2 Å². The maximum Gasteiger partial charge on any atom is 0.277 e. The van der Waals surface area contributed by atoms with Crippen molar-refractivity contribution in [2.45, 2.75) is 13.0 Å². The Morgan fingerprint density at radius 1 is 1.08 bits per heavy atom. The van der Waals surface area contributed by atoms with E-state index >= 15 is 0 Å². The fraction of sp³-hybridized carbons (Fsp3) is 0.200. The van der Waals surface area contributed by atoms with Crippen molar-refractivity contribution in [1.82, 2.24) is 10.2 Å². The average molecular weight is 368 g/mol. The molecule has 3 rings (SSSR count). The van der Waals surface area contributed by atoms with Gasteiger partial charge >= 0.3 is 0 Å². The van der Waals surface area contributed by atoms with Gasteiger partial charge in [-0.1, -0.05) is 42.5 Å². The summed E-state index contributed by atoms with van der Waals surface area (Å²) in [6.45, 7) is 1.95. The minimum absolute atomic E-state index is 0.165. The van der Waals surface area contributed by atoms with Crippen LogP contribution in [0, 0.1) is 0 Å². The number of rotatable bonds is 5. The number of hydrogen-bond acceptors (Lipinski definition) is 4. The highest BCUT2D eigenvalue weighted by Gasteiger charge is 2.35. The number of nitrogens with one attached hydrogen (secondary N) is 1. The van der Waals surface area contributed by atoms with Crippen LogP contribution in [-0.4, -0.2) is 30.1 Å². The predicted octanol–water partition coefficient (Wildman–Crippen LogP) is 3.52. The predicted molar refractivity (Wildman–Crippen MR) is 105 cm³/mol. The Morgan fingerprint density at radius 3 is 2.46 bits per heavy atom. The van der Waals surface area contributed by atoms with Gasteiger partial charge in [0.1, 0.15) is 5.70 Å². The van der Waals surface area contributed by atoms with E-state index in [0.717, 1.165) is 11.1 Å². The zero-order chi connectivity index (χ0) is 18.7. The topological polar surface area (TPSA) is 50.8 Å². The van der Waals surface area contributed by atoms with Gasteiger partial charge in [0.25, 0.3) is 5.91 Å². The van der Waals surface area contributed by atoms with Crippen LogP contribution < -0.4 is 14.8 Å². The van der Waals surface area contributed by atoms with E-state index in [9.17, 15) is 4.79 Å². The number of ether oxygens (including phenoxy) is 2. The Morgan fingerprint density at radius 2 is 1.81 bits per heavy atom. The lowest BCUT2D eigenvalue weighted by molar-refractivity contribution is -0.123. The summed E-state index contributed by atoms with van der Waals surface area (Å²) < 4.78 is 10.7. The molecule has 6 heteroatoms. The summed E-state index contributed by atoms with van der Waals surface area (Å²) in [6.07, 6.45) is 1.73. The van der Waals surface area contributed by atoms with Crippen LogP contribution in [0.2, 0.25) is 0 Å². The Hall–Kier alpha value is -2.86. The summed E-state index contributed by atoms with van der Waals surface area (Å²) in [5.74, 6) is 0.998. The molecular formula is C20H20N2O3S. The zero-order valence-electron chi connectivity index (χ0n) is 14.9. The summed E-state index contributed by atoms with van der Waals surface area (Å²) in [7, 11) is 3.14. The van der Waals surface area contributed by atoms with E-state index in [2.05, 4.69) is 5.32 Å². The number of amides is 1. The van der Waals surface area contributed by atoms with Gasteiger partial charge in [0.2, 0.25) is 0 Å². The molecule has 1 aliphatic rings. The number of carbonyl (C=O) groups is 1. The van der Waals surface area contributed by atoms with E-state index in [-0.39, 0.29) is 11.9 Å². The largest absolute Gasteiger partial charge is 0.493 e. The molecule has 0 aromatic heterocycles. The van der Waals surface area contributed by atoms with Crippen LogP contribution in [0.15, 0.2) is 54.2 Å². The normalized spacial score (nSPS) is 16.6. The van der Waals surface area contributed by atoms with Gasteiger partial charge in [0.05, 0.1) is 20.3 Å². The molecule has 26 heavy (non-hydrogen) atoms. The molecule has 1 atom stereocenters. The second kappa shape index (κ2) is 7.58. The number of para-hydroxylation sites is 1. The molecule has 0 saturated carbocycles. The number of thiocarbonyl (C=S) groups is 1. The molecular weight excluding hydrogens is 348 g/mol. The third-order valence-electron chi connectivity index (χ3n) is 4.31. The van der Waals surface area contributed by atoms with Crippen molar-refractivity contribution in [2.24, 2.45) is 0 Å². The molecule has 1 fully saturated rings. The van der Waals surface area contributed by atoms with Gasteiger partial charge in [-0.25, -0.2) is 0 Å². The van der Waals surface area contributed by atoms with Crippen molar-refractivity contribution < 1.29 is 14.3 Å². The second-order valence-electron chi connectivity index (χ2n) is 5.83. The van der Waals surface area contributed by atoms with Gasteiger partial charge in [-0.05, 0) is 36.8 Å². The fourth-order valence-corrected chi connectivity index (χ4v) is 3.31. The first kappa shape index (κ1) is 17.9. The highest BCUT2D eigenvalue weighted by molar-refractivity contribution is 7.80. The van der Waals surface area contributed by atoms with Crippen LogP contribution in [0.25, 0.3) is 6.08 Å². The first-order valence-corrected chi connectivity index (χ1v) is 8.59. The zero-order valence-corrected chi connectivity index (χ0v) is 15.7. The minimum Gasteiger partial charge on any atom is -0.493 e. The second-order valence-corrected chi connectivity index (χ2v) is 6.22. The van der Waals surface area contributed by atoms with Crippen LogP contribution in [-0.2, 0) is 4.79 Å². The third-order valence-corrected chi connectivity index (χ3v) is 4.61. The van der Waals surface area contributed by atoms with Gasteiger partial charge < -0.3 is 14.8 Å². The molecule has 1 amide bonds. The van der Waals surface area contributed by atoms with Crippen LogP contribution in [0.5, 0.6) is 11.5 Å².